The van der Waals surface area contributed by atoms with Crippen LogP contribution in [0.2, 0.25) is 0 Å². The molecule has 1 aliphatic heterocycles. The van der Waals surface area contributed by atoms with E-state index in [1.807, 2.05) is 25.6 Å². The van der Waals surface area contributed by atoms with Gasteiger partial charge in [0.1, 0.15) is 17.9 Å². The molecule has 0 saturated heterocycles. The number of hydrogen-bond donors (Lipinski definition) is 1. The second-order valence-corrected chi connectivity index (χ2v) is 5.97. The number of aliphatic imine (C=N–C) groups is 2. The lowest BCUT2D eigenvalue weighted by Crippen LogP contribution is -2.19. The molecule has 0 fully saturated rings. The van der Waals surface area contributed by atoms with Crippen LogP contribution in [0.25, 0.3) is 0 Å². The maximum Gasteiger partial charge on any atom is 0.573 e. The quantitative estimate of drug-likeness (QED) is 0.897. The fourth-order valence-electron chi connectivity index (χ4n) is 2.91. The van der Waals surface area contributed by atoms with Crippen molar-refractivity contribution >= 4 is 17.9 Å². The first-order valence-corrected chi connectivity index (χ1v) is 7.94. The number of rotatable bonds is 3. The summed E-state index contributed by atoms with van der Waals surface area (Å²) >= 11 is 0. The van der Waals surface area contributed by atoms with Gasteiger partial charge in [-0.15, -0.1) is 13.2 Å². The Kier molecular flexibility index (Phi) is 4.71. The summed E-state index contributed by atoms with van der Waals surface area (Å²) in [7, 11) is 1.89. The number of amidine groups is 1. The smallest absolute Gasteiger partial charge is 0.406 e. The molecule has 26 heavy (non-hydrogen) atoms. The van der Waals surface area contributed by atoms with Gasteiger partial charge in [0.25, 0.3) is 0 Å². The Hall–Kier alpha value is -2.84. The zero-order valence-electron chi connectivity index (χ0n) is 14.5. The molecule has 0 saturated carbocycles. The zero-order valence-corrected chi connectivity index (χ0v) is 14.5. The number of ether oxygens (including phenoxy) is 1. The number of benzene rings is 1. The number of aromatic nitrogens is 2. The molecule has 2 aromatic rings. The van der Waals surface area contributed by atoms with Gasteiger partial charge in [0.15, 0.2) is 0 Å². The average molecular weight is 365 g/mol. The highest BCUT2D eigenvalue weighted by molar-refractivity contribution is 6.00. The molecule has 0 bridgehead atoms. The van der Waals surface area contributed by atoms with Crippen LogP contribution < -0.4 is 10.1 Å². The van der Waals surface area contributed by atoms with E-state index in [1.54, 1.807) is 0 Å². The number of alkyl halides is 3. The van der Waals surface area contributed by atoms with Gasteiger partial charge < -0.3 is 10.1 Å². The van der Waals surface area contributed by atoms with Crippen LogP contribution in [-0.4, -0.2) is 28.3 Å². The van der Waals surface area contributed by atoms with Crippen LogP contribution in [0.15, 0.2) is 34.3 Å². The molecule has 0 radical (unpaired) electrons. The minimum Gasteiger partial charge on any atom is -0.406 e. The van der Waals surface area contributed by atoms with E-state index in [0.29, 0.717) is 17.9 Å². The van der Waals surface area contributed by atoms with Crippen molar-refractivity contribution in [2.45, 2.75) is 32.7 Å². The highest BCUT2D eigenvalue weighted by Gasteiger charge is 2.31. The lowest BCUT2D eigenvalue weighted by Gasteiger charge is -2.19. The van der Waals surface area contributed by atoms with E-state index in [9.17, 15) is 13.2 Å². The highest BCUT2D eigenvalue weighted by Crippen LogP contribution is 2.30. The van der Waals surface area contributed by atoms with E-state index in [-0.39, 0.29) is 11.8 Å². The van der Waals surface area contributed by atoms with E-state index in [1.165, 1.54) is 30.6 Å². The maximum atomic E-state index is 12.2. The monoisotopic (exact) mass is 365 g/mol. The molecule has 0 amide bonds. The van der Waals surface area contributed by atoms with Crippen LogP contribution in [0, 0.1) is 13.8 Å². The van der Waals surface area contributed by atoms with Crippen molar-refractivity contribution < 1.29 is 17.9 Å². The summed E-state index contributed by atoms with van der Waals surface area (Å²) in [5.74, 6) is 0.409. The Morgan fingerprint density at radius 3 is 2.46 bits per heavy atom. The topological polar surface area (TPSA) is 63.8 Å². The van der Waals surface area contributed by atoms with Gasteiger partial charge >= 0.3 is 6.36 Å². The molecular formula is C17H18F3N5O. The highest BCUT2D eigenvalue weighted by atomic mass is 19.4. The minimum atomic E-state index is -4.70. The van der Waals surface area contributed by atoms with Gasteiger partial charge in [-0.1, -0.05) is 0 Å². The Labute approximate surface area is 148 Å². The minimum absolute atomic E-state index is 0.100. The van der Waals surface area contributed by atoms with Crippen molar-refractivity contribution in [3.05, 3.63) is 41.2 Å². The molecule has 1 aliphatic rings. The van der Waals surface area contributed by atoms with Gasteiger partial charge in [-0.05, 0) is 38.1 Å². The summed E-state index contributed by atoms with van der Waals surface area (Å²) in [6.45, 7) is 3.93. The van der Waals surface area contributed by atoms with Crippen LogP contribution in [0.4, 0.5) is 18.9 Å². The molecule has 1 aromatic carbocycles. The van der Waals surface area contributed by atoms with Crippen molar-refractivity contribution in [3.63, 3.8) is 0 Å². The summed E-state index contributed by atoms with van der Waals surface area (Å²) in [5.41, 5.74) is 3.64. The third-order valence-corrected chi connectivity index (χ3v) is 4.12. The van der Waals surface area contributed by atoms with Gasteiger partial charge in [-0.25, -0.2) is 4.99 Å². The van der Waals surface area contributed by atoms with Crippen LogP contribution >= 0.6 is 0 Å². The molecule has 0 spiro atoms. The van der Waals surface area contributed by atoms with Gasteiger partial charge in [0.2, 0.25) is 0 Å². The molecule has 3 rings (SSSR count). The van der Waals surface area contributed by atoms with Crippen molar-refractivity contribution in [3.8, 4) is 5.75 Å². The fraction of sp³-hybridized carbons (Fsp3) is 0.353. The first-order valence-electron chi connectivity index (χ1n) is 7.94. The van der Waals surface area contributed by atoms with Gasteiger partial charge in [0.05, 0.1) is 11.7 Å². The van der Waals surface area contributed by atoms with Crippen LogP contribution in [0.3, 0.4) is 0 Å². The second kappa shape index (κ2) is 6.81. The molecule has 1 unspecified atom stereocenters. The molecule has 1 atom stereocenters. The first kappa shape index (κ1) is 18.0. The standard InChI is InChI=1S/C17H18F3N5O/c1-10-16(11(2)25(3)24-10)14-8-15(22-9-21-14)23-12-4-6-13(7-5-12)26-17(18,19)20/h4-7,9,14H,8H2,1-3H3,(H,21,22,23). The Morgan fingerprint density at radius 2 is 1.88 bits per heavy atom. The lowest BCUT2D eigenvalue weighted by atomic mass is 10.0. The normalized spacial score (nSPS) is 17.2. The van der Waals surface area contributed by atoms with E-state index in [0.717, 1.165) is 17.0 Å². The molecule has 0 aliphatic carbocycles. The average Bonchev–Trinajstić information content (AvgIpc) is 2.81. The molecule has 9 heteroatoms. The van der Waals surface area contributed by atoms with E-state index >= 15 is 0 Å². The molecule has 6 nitrogen and oxygen atoms in total. The van der Waals surface area contributed by atoms with Crippen molar-refractivity contribution in [1.82, 2.24) is 9.78 Å². The fourth-order valence-corrected chi connectivity index (χ4v) is 2.91. The van der Waals surface area contributed by atoms with Crippen LogP contribution in [0.5, 0.6) is 5.75 Å². The summed E-state index contributed by atoms with van der Waals surface area (Å²) < 4.78 is 42.3. The summed E-state index contributed by atoms with van der Waals surface area (Å²) in [6, 6.07) is 5.41. The third-order valence-electron chi connectivity index (χ3n) is 4.12. The number of anilines is 1. The van der Waals surface area contributed by atoms with Crippen molar-refractivity contribution in [2.75, 3.05) is 5.32 Å². The molecule has 138 valence electrons. The van der Waals surface area contributed by atoms with Gasteiger partial charge in [-0.2, -0.15) is 5.10 Å². The Bertz CT molecular complexity index is 853. The van der Waals surface area contributed by atoms with Gasteiger partial charge in [-0.3, -0.25) is 9.67 Å². The number of hydrogen-bond acceptors (Lipinski definition) is 5. The summed E-state index contributed by atoms with van der Waals surface area (Å²) in [6.07, 6.45) is -2.67. The molecule has 1 aromatic heterocycles. The number of halogens is 3. The lowest BCUT2D eigenvalue weighted by molar-refractivity contribution is -0.274. The SMILES string of the molecule is Cc1nn(C)c(C)c1C1CC(Nc2ccc(OC(F)(F)F)cc2)=NC=N1. The van der Waals surface area contributed by atoms with Crippen molar-refractivity contribution in [2.24, 2.45) is 17.0 Å². The van der Waals surface area contributed by atoms with E-state index in [4.69, 9.17) is 0 Å². The summed E-state index contributed by atoms with van der Waals surface area (Å²) in [5, 5.41) is 7.52. The van der Waals surface area contributed by atoms with E-state index < -0.39 is 6.36 Å². The third kappa shape index (κ3) is 4.04. The Morgan fingerprint density at radius 1 is 1.19 bits per heavy atom. The zero-order chi connectivity index (χ0) is 18.9. The molecule has 1 N–H and O–H groups in total. The van der Waals surface area contributed by atoms with Crippen molar-refractivity contribution in [1.29, 1.82) is 0 Å². The second-order valence-electron chi connectivity index (χ2n) is 5.97. The molecule has 2 heterocycles. The predicted molar refractivity (Wildman–Crippen MR) is 92.7 cm³/mol. The Balaban J connectivity index is 1.69. The van der Waals surface area contributed by atoms with Gasteiger partial charge in [0, 0.05) is 30.4 Å². The first-order chi connectivity index (χ1) is 12.2. The predicted octanol–water partition coefficient (Wildman–Crippen LogP) is 3.92. The number of nitrogens with zero attached hydrogens (tertiary/aromatic N) is 4. The maximum absolute atomic E-state index is 12.2. The van der Waals surface area contributed by atoms with Crippen LogP contribution in [-0.2, 0) is 7.05 Å². The number of nitrogens with one attached hydrogen (secondary N) is 1. The van der Waals surface area contributed by atoms with Crippen LogP contribution in [0.1, 0.15) is 29.4 Å². The molecular weight excluding hydrogens is 347 g/mol. The van der Waals surface area contributed by atoms with E-state index in [2.05, 4.69) is 25.1 Å². The largest absolute Gasteiger partial charge is 0.573 e. The summed E-state index contributed by atoms with van der Waals surface area (Å²) in [4.78, 5) is 8.65. The number of aryl methyl sites for hydroxylation is 2.